The highest BCUT2D eigenvalue weighted by molar-refractivity contribution is 8.33. The lowest BCUT2D eigenvalue weighted by atomic mass is 10.1. The van der Waals surface area contributed by atoms with Crippen LogP contribution in [0.3, 0.4) is 0 Å². The van der Waals surface area contributed by atoms with E-state index >= 15 is 0 Å². The molecular formula is C10H9F9O3S3. The van der Waals surface area contributed by atoms with Gasteiger partial charge in [0.05, 0.1) is 4.21 Å². The summed E-state index contributed by atoms with van der Waals surface area (Å²) in [5.74, 6) is -14.6. The Morgan fingerprint density at radius 1 is 0.920 bits per heavy atom. The Kier molecular flexibility index (Phi) is 5.54. The SMILES string of the molecule is CS(C)(OS(=O)(=O)C(F)(F)C(F)(F)C(F)(F)C(F)(F)F)c1cccs1. The van der Waals surface area contributed by atoms with Gasteiger partial charge in [-0.05, 0) is 24.0 Å². The number of thiophene rings is 1. The van der Waals surface area contributed by atoms with E-state index in [2.05, 4.69) is 3.63 Å². The van der Waals surface area contributed by atoms with Gasteiger partial charge in [0.2, 0.25) is 0 Å². The summed E-state index contributed by atoms with van der Waals surface area (Å²) in [6.45, 7) is 0. The zero-order valence-electron chi connectivity index (χ0n) is 12.1. The van der Waals surface area contributed by atoms with Gasteiger partial charge in [0, 0.05) is 0 Å². The molecule has 0 aromatic carbocycles. The summed E-state index contributed by atoms with van der Waals surface area (Å²) in [6, 6.07) is 2.52. The standard InChI is InChI=1S/C10H9F9O3S3/c1-24(2,6-4-3-5-23-6)22-25(20,21)10(18,19)8(13,14)7(11,12)9(15,16)17/h3-5H,1-2H3. The van der Waals surface area contributed by atoms with E-state index in [1.165, 1.54) is 17.5 Å². The van der Waals surface area contributed by atoms with Crippen molar-refractivity contribution < 1.29 is 51.6 Å². The van der Waals surface area contributed by atoms with Gasteiger partial charge in [-0.3, -0.25) is 0 Å². The van der Waals surface area contributed by atoms with Gasteiger partial charge >= 0.3 is 33.4 Å². The maximum atomic E-state index is 13.6. The maximum Gasteiger partial charge on any atom is 0.460 e. The fourth-order valence-corrected chi connectivity index (χ4v) is 6.40. The summed E-state index contributed by atoms with van der Waals surface area (Å²) in [4.78, 5) is 0. The van der Waals surface area contributed by atoms with Crippen molar-refractivity contribution in [1.82, 2.24) is 0 Å². The van der Waals surface area contributed by atoms with Crippen LogP contribution < -0.4 is 0 Å². The average molecular weight is 444 g/mol. The summed E-state index contributed by atoms with van der Waals surface area (Å²) < 4.78 is 142. The highest BCUT2D eigenvalue weighted by Crippen LogP contribution is 2.59. The molecule has 0 saturated heterocycles. The predicted octanol–water partition coefficient (Wildman–Crippen LogP) is 4.86. The van der Waals surface area contributed by atoms with Crippen LogP contribution in [0.15, 0.2) is 21.7 Å². The first-order chi connectivity index (χ1) is 10.8. The molecule has 0 spiro atoms. The quantitative estimate of drug-likeness (QED) is 0.589. The summed E-state index contributed by atoms with van der Waals surface area (Å²) in [5.41, 5.74) is 0. The first-order valence-corrected chi connectivity index (χ1v) is 10.4. The molecule has 0 aliphatic heterocycles. The molecule has 3 nitrogen and oxygen atoms in total. The second-order valence-electron chi connectivity index (χ2n) is 4.85. The third kappa shape index (κ3) is 3.60. The molecule has 0 N–H and O–H groups in total. The molecule has 148 valence electrons. The highest BCUT2D eigenvalue weighted by Gasteiger charge is 2.86. The van der Waals surface area contributed by atoms with Gasteiger partial charge in [0.25, 0.3) is 0 Å². The van der Waals surface area contributed by atoms with E-state index in [0.717, 1.165) is 23.8 Å². The summed E-state index contributed by atoms with van der Waals surface area (Å²) in [7, 11) is -10.1. The molecule has 0 bridgehead atoms. The van der Waals surface area contributed by atoms with Crippen molar-refractivity contribution in [3.63, 3.8) is 0 Å². The van der Waals surface area contributed by atoms with Crippen LogP contribution in [0.4, 0.5) is 39.5 Å². The largest absolute Gasteiger partial charge is 0.460 e. The second-order valence-corrected chi connectivity index (χ2v) is 10.9. The van der Waals surface area contributed by atoms with Crippen LogP contribution in [0.2, 0.25) is 0 Å². The zero-order chi connectivity index (χ0) is 20.1. The van der Waals surface area contributed by atoms with Crippen molar-refractivity contribution >= 4 is 31.8 Å². The van der Waals surface area contributed by atoms with Crippen LogP contribution in [-0.2, 0) is 13.7 Å². The van der Waals surface area contributed by atoms with Crippen LogP contribution >= 0.6 is 21.6 Å². The molecule has 25 heavy (non-hydrogen) atoms. The van der Waals surface area contributed by atoms with Gasteiger partial charge in [-0.25, -0.2) is 3.63 Å². The zero-order valence-corrected chi connectivity index (χ0v) is 14.5. The predicted molar refractivity (Wildman–Crippen MR) is 72.9 cm³/mol. The van der Waals surface area contributed by atoms with E-state index in [1.807, 2.05) is 0 Å². The topological polar surface area (TPSA) is 43.4 Å². The fraction of sp³-hybridized carbons (Fsp3) is 0.600. The van der Waals surface area contributed by atoms with Crippen LogP contribution in [-0.4, -0.2) is 44.2 Å². The summed E-state index contributed by atoms with van der Waals surface area (Å²) in [5, 5.41) is -5.49. The van der Waals surface area contributed by atoms with E-state index in [0.29, 0.717) is 0 Å². The molecule has 0 radical (unpaired) electrons. The van der Waals surface area contributed by atoms with E-state index in [-0.39, 0.29) is 4.21 Å². The summed E-state index contributed by atoms with van der Waals surface area (Å²) in [6.07, 6.45) is -5.30. The number of rotatable bonds is 6. The van der Waals surface area contributed by atoms with Gasteiger partial charge in [-0.1, -0.05) is 16.4 Å². The molecule has 1 aromatic heterocycles. The number of halogens is 9. The van der Waals surface area contributed by atoms with Crippen molar-refractivity contribution in [3.05, 3.63) is 17.5 Å². The molecule has 0 unspecified atom stereocenters. The van der Waals surface area contributed by atoms with Crippen molar-refractivity contribution in [2.24, 2.45) is 0 Å². The lowest BCUT2D eigenvalue weighted by Gasteiger charge is -2.35. The van der Waals surface area contributed by atoms with Crippen LogP contribution in [0.25, 0.3) is 0 Å². The Morgan fingerprint density at radius 2 is 1.40 bits per heavy atom. The number of alkyl halides is 9. The summed E-state index contributed by atoms with van der Waals surface area (Å²) >= 11 is 0.786. The van der Waals surface area contributed by atoms with Crippen molar-refractivity contribution in [1.29, 1.82) is 0 Å². The fourth-order valence-electron chi connectivity index (χ4n) is 1.36. The van der Waals surface area contributed by atoms with Crippen LogP contribution in [0.1, 0.15) is 0 Å². The molecule has 15 heteroatoms. The van der Waals surface area contributed by atoms with Gasteiger partial charge < -0.3 is 0 Å². The molecular weight excluding hydrogens is 435 g/mol. The third-order valence-electron chi connectivity index (χ3n) is 2.67. The first kappa shape index (κ1) is 22.4. The minimum absolute atomic E-state index is 0.00206. The molecule has 0 aliphatic rings. The molecule has 1 heterocycles. The Bertz CT molecular complexity index is 708. The van der Waals surface area contributed by atoms with Crippen molar-refractivity contribution in [3.8, 4) is 0 Å². The molecule has 1 aromatic rings. The Labute approximate surface area is 141 Å². The number of hydrogen-bond donors (Lipinski definition) is 0. The first-order valence-electron chi connectivity index (χ1n) is 5.74. The third-order valence-corrected chi connectivity index (χ3v) is 8.89. The van der Waals surface area contributed by atoms with Gasteiger partial charge in [-0.15, -0.1) is 11.3 Å². The van der Waals surface area contributed by atoms with E-state index in [9.17, 15) is 47.9 Å². The van der Waals surface area contributed by atoms with E-state index < -0.39 is 43.7 Å². The molecule has 0 saturated carbocycles. The Morgan fingerprint density at radius 3 is 1.76 bits per heavy atom. The van der Waals surface area contributed by atoms with E-state index in [4.69, 9.17) is 0 Å². The lowest BCUT2D eigenvalue weighted by molar-refractivity contribution is -0.382. The van der Waals surface area contributed by atoms with E-state index in [1.54, 1.807) is 0 Å². The molecule has 0 atom stereocenters. The molecule has 0 aliphatic carbocycles. The smallest absolute Gasteiger partial charge is 0.211 e. The van der Waals surface area contributed by atoms with Crippen LogP contribution in [0.5, 0.6) is 0 Å². The Balaban J connectivity index is 3.36. The van der Waals surface area contributed by atoms with Gasteiger partial charge in [-0.2, -0.15) is 47.9 Å². The van der Waals surface area contributed by atoms with Gasteiger partial charge in [0.15, 0.2) is 0 Å². The minimum atomic E-state index is -7.32. The Hall–Kier alpha value is -0.670. The number of hydrogen-bond acceptors (Lipinski definition) is 4. The average Bonchev–Trinajstić information content (AvgIpc) is 2.89. The monoisotopic (exact) mass is 444 g/mol. The maximum absolute atomic E-state index is 13.6. The van der Waals surface area contributed by atoms with Crippen LogP contribution in [0, 0.1) is 0 Å². The van der Waals surface area contributed by atoms with Gasteiger partial charge in [0.1, 0.15) is 0 Å². The van der Waals surface area contributed by atoms with Crippen molar-refractivity contribution in [2.45, 2.75) is 27.5 Å². The second kappa shape index (κ2) is 6.20. The minimum Gasteiger partial charge on any atom is -0.211 e. The lowest BCUT2D eigenvalue weighted by Crippen LogP contribution is -2.63. The molecule has 0 amide bonds. The molecule has 1 rings (SSSR count). The normalized spacial score (nSPS) is 16.1. The van der Waals surface area contributed by atoms with Crippen molar-refractivity contribution in [2.75, 3.05) is 12.5 Å². The highest BCUT2D eigenvalue weighted by atomic mass is 32.3. The molecule has 0 fully saturated rings.